The Morgan fingerprint density at radius 3 is 2.82 bits per heavy atom. The van der Waals surface area contributed by atoms with Crippen LogP contribution in [-0.2, 0) is 4.74 Å². The van der Waals surface area contributed by atoms with Gasteiger partial charge in [0, 0.05) is 19.3 Å². The summed E-state index contributed by atoms with van der Waals surface area (Å²) >= 11 is 0. The van der Waals surface area contributed by atoms with Crippen molar-refractivity contribution in [3.8, 4) is 0 Å². The van der Waals surface area contributed by atoms with Crippen LogP contribution in [-0.4, -0.2) is 45.8 Å². The lowest BCUT2D eigenvalue weighted by atomic mass is 10.4. The number of imidazole rings is 1. The Bertz CT molecular complexity index is 544. The molecule has 0 saturated carbocycles. The highest BCUT2D eigenvalue weighted by Gasteiger charge is 2.17. The molecular weight excluding hydrogens is 218 g/mol. The minimum atomic E-state index is 0.730. The van der Waals surface area contributed by atoms with Gasteiger partial charge in [0.2, 0.25) is 0 Å². The van der Waals surface area contributed by atoms with Crippen LogP contribution in [0.15, 0.2) is 19.2 Å². The molecule has 0 atom stereocenters. The average Bonchev–Trinajstić information content (AvgIpc) is 2.82. The molecular formula is C11H13N5O. The standard InChI is InChI=1S/C11H13N5O/c1-2-15-8-14-9-10(15)12-7-13-11(9)16-3-5-17-6-4-16/h2,7-8H,1,3-6H2. The molecule has 0 N–H and O–H groups in total. The van der Waals surface area contributed by atoms with Crippen LogP contribution in [0.1, 0.15) is 0 Å². The van der Waals surface area contributed by atoms with E-state index in [1.807, 2.05) is 0 Å². The first-order valence-corrected chi connectivity index (χ1v) is 5.53. The topological polar surface area (TPSA) is 56.1 Å². The Kier molecular flexibility index (Phi) is 2.49. The Morgan fingerprint density at radius 2 is 2.06 bits per heavy atom. The van der Waals surface area contributed by atoms with E-state index in [9.17, 15) is 0 Å². The van der Waals surface area contributed by atoms with Gasteiger partial charge in [-0.15, -0.1) is 0 Å². The fourth-order valence-electron chi connectivity index (χ4n) is 1.98. The van der Waals surface area contributed by atoms with E-state index >= 15 is 0 Å². The first-order valence-electron chi connectivity index (χ1n) is 5.53. The molecule has 2 aromatic rings. The molecule has 0 radical (unpaired) electrons. The highest BCUT2D eigenvalue weighted by molar-refractivity contribution is 5.84. The zero-order chi connectivity index (χ0) is 11.7. The molecule has 17 heavy (non-hydrogen) atoms. The summed E-state index contributed by atoms with van der Waals surface area (Å²) in [5.41, 5.74) is 1.60. The van der Waals surface area contributed by atoms with Crippen LogP contribution in [0.4, 0.5) is 5.82 Å². The summed E-state index contributed by atoms with van der Waals surface area (Å²) in [5, 5.41) is 0. The van der Waals surface area contributed by atoms with E-state index in [1.165, 1.54) is 0 Å². The van der Waals surface area contributed by atoms with Gasteiger partial charge in [-0.05, 0) is 0 Å². The zero-order valence-corrected chi connectivity index (χ0v) is 9.41. The summed E-state index contributed by atoms with van der Waals surface area (Å²) < 4.78 is 7.13. The lowest BCUT2D eigenvalue weighted by Gasteiger charge is -2.27. The molecule has 0 bridgehead atoms. The van der Waals surface area contributed by atoms with Crippen LogP contribution in [0.3, 0.4) is 0 Å². The Labute approximate surface area is 98.6 Å². The van der Waals surface area contributed by atoms with Gasteiger partial charge in [0.15, 0.2) is 17.0 Å². The van der Waals surface area contributed by atoms with Crippen LogP contribution in [0.2, 0.25) is 0 Å². The molecule has 1 saturated heterocycles. The quantitative estimate of drug-likeness (QED) is 0.764. The van der Waals surface area contributed by atoms with Crippen molar-refractivity contribution in [1.82, 2.24) is 19.5 Å². The van der Waals surface area contributed by atoms with E-state index in [4.69, 9.17) is 4.74 Å². The number of rotatable bonds is 2. The van der Waals surface area contributed by atoms with E-state index in [-0.39, 0.29) is 0 Å². The fraction of sp³-hybridized carbons (Fsp3) is 0.364. The van der Waals surface area contributed by atoms with Gasteiger partial charge < -0.3 is 9.64 Å². The highest BCUT2D eigenvalue weighted by atomic mass is 16.5. The molecule has 0 amide bonds. The van der Waals surface area contributed by atoms with Crippen molar-refractivity contribution in [2.75, 3.05) is 31.2 Å². The van der Waals surface area contributed by atoms with Crippen molar-refractivity contribution in [1.29, 1.82) is 0 Å². The molecule has 2 aromatic heterocycles. The van der Waals surface area contributed by atoms with E-state index < -0.39 is 0 Å². The lowest BCUT2D eigenvalue weighted by molar-refractivity contribution is 0.122. The van der Waals surface area contributed by atoms with Crippen LogP contribution in [0.25, 0.3) is 17.4 Å². The average molecular weight is 231 g/mol. The third kappa shape index (κ3) is 1.66. The SMILES string of the molecule is C=Cn1cnc2c(N3CCOCC3)ncnc21. The summed E-state index contributed by atoms with van der Waals surface area (Å²) in [6.45, 7) is 6.86. The largest absolute Gasteiger partial charge is 0.378 e. The Morgan fingerprint density at radius 1 is 1.24 bits per heavy atom. The smallest absolute Gasteiger partial charge is 0.169 e. The lowest BCUT2D eigenvalue weighted by Crippen LogP contribution is -2.36. The molecule has 3 rings (SSSR count). The number of hydrogen-bond acceptors (Lipinski definition) is 5. The maximum Gasteiger partial charge on any atom is 0.169 e. The number of morpholine rings is 1. The number of fused-ring (bicyclic) bond motifs is 1. The van der Waals surface area contributed by atoms with Gasteiger partial charge in [-0.25, -0.2) is 15.0 Å². The van der Waals surface area contributed by atoms with Gasteiger partial charge in [0.05, 0.1) is 13.2 Å². The molecule has 0 aliphatic carbocycles. The maximum atomic E-state index is 5.33. The van der Waals surface area contributed by atoms with Crippen LogP contribution in [0, 0.1) is 0 Å². The van der Waals surface area contributed by atoms with Crippen molar-refractivity contribution >= 4 is 23.2 Å². The summed E-state index contributed by atoms with van der Waals surface area (Å²) in [7, 11) is 0. The molecule has 1 fully saturated rings. The number of ether oxygens (including phenoxy) is 1. The minimum Gasteiger partial charge on any atom is -0.378 e. The second-order valence-corrected chi connectivity index (χ2v) is 3.80. The second kappa shape index (κ2) is 4.14. The van der Waals surface area contributed by atoms with Crippen LogP contribution in [0.5, 0.6) is 0 Å². The first-order chi connectivity index (χ1) is 8.40. The van der Waals surface area contributed by atoms with Gasteiger partial charge >= 0.3 is 0 Å². The normalized spacial score (nSPS) is 16.4. The molecule has 0 spiro atoms. The summed E-state index contributed by atoms with van der Waals surface area (Å²) in [6.07, 6.45) is 4.95. The van der Waals surface area contributed by atoms with Crippen molar-refractivity contribution in [2.45, 2.75) is 0 Å². The fourth-order valence-corrected chi connectivity index (χ4v) is 1.98. The van der Waals surface area contributed by atoms with E-state index in [0.717, 1.165) is 43.3 Å². The van der Waals surface area contributed by atoms with Crippen molar-refractivity contribution in [3.05, 3.63) is 19.2 Å². The van der Waals surface area contributed by atoms with E-state index in [0.29, 0.717) is 0 Å². The first kappa shape index (κ1) is 10.2. The predicted molar refractivity (Wildman–Crippen MR) is 64.7 cm³/mol. The third-order valence-corrected chi connectivity index (χ3v) is 2.85. The van der Waals surface area contributed by atoms with Crippen molar-refractivity contribution in [3.63, 3.8) is 0 Å². The number of anilines is 1. The van der Waals surface area contributed by atoms with E-state index in [1.54, 1.807) is 23.4 Å². The van der Waals surface area contributed by atoms with Gasteiger partial charge in [-0.1, -0.05) is 6.58 Å². The molecule has 0 unspecified atom stereocenters. The molecule has 6 heteroatoms. The van der Waals surface area contributed by atoms with Gasteiger partial charge in [0.1, 0.15) is 12.7 Å². The molecule has 1 aliphatic rings. The molecule has 6 nitrogen and oxygen atoms in total. The van der Waals surface area contributed by atoms with Gasteiger partial charge in [-0.2, -0.15) is 0 Å². The Hall–Kier alpha value is -1.95. The minimum absolute atomic E-state index is 0.730. The number of hydrogen-bond donors (Lipinski definition) is 0. The van der Waals surface area contributed by atoms with Crippen molar-refractivity contribution in [2.24, 2.45) is 0 Å². The monoisotopic (exact) mass is 231 g/mol. The highest BCUT2D eigenvalue weighted by Crippen LogP contribution is 2.21. The summed E-state index contributed by atoms with van der Waals surface area (Å²) in [4.78, 5) is 15.1. The maximum absolute atomic E-state index is 5.33. The number of nitrogens with zero attached hydrogens (tertiary/aromatic N) is 5. The molecule has 88 valence electrons. The summed E-state index contributed by atoms with van der Waals surface area (Å²) in [5.74, 6) is 0.874. The second-order valence-electron chi connectivity index (χ2n) is 3.80. The predicted octanol–water partition coefficient (Wildman–Crippen LogP) is 0.763. The molecule has 0 aromatic carbocycles. The summed E-state index contributed by atoms with van der Waals surface area (Å²) in [6, 6.07) is 0. The van der Waals surface area contributed by atoms with Gasteiger partial charge in [0.25, 0.3) is 0 Å². The van der Waals surface area contributed by atoms with Crippen LogP contribution >= 0.6 is 0 Å². The van der Waals surface area contributed by atoms with Crippen molar-refractivity contribution < 1.29 is 4.74 Å². The third-order valence-electron chi connectivity index (χ3n) is 2.85. The van der Waals surface area contributed by atoms with Crippen LogP contribution < -0.4 is 4.90 Å². The van der Waals surface area contributed by atoms with E-state index in [2.05, 4.69) is 26.4 Å². The molecule has 1 aliphatic heterocycles. The van der Waals surface area contributed by atoms with Gasteiger partial charge in [-0.3, -0.25) is 4.57 Å². The molecule has 3 heterocycles. The Balaban J connectivity index is 2.09. The number of aromatic nitrogens is 4. The zero-order valence-electron chi connectivity index (χ0n) is 9.41.